The van der Waals surface area contributed by atoms with Crippen LogP contribution in [0.25, 0.3) is 10.8 Å². The van der Waals surface area contributed by atoms with Gasteiger partial charge in [0.15, 0.2) is 5.60 Å². The van der Waals surface area contributed by atoms with Gasteiger partial charge in [-0.15, -0.1) is 0 Å². The van der Waals surface area contributed by atoms with E-state index in [4.69, 9.17) is 4.74 Å². The minimum atomic E-state index is -5.83. The number of cyclic esters (lactones) is 1. The number of esters is 1. The number of rotatable bonds is 14. The van der Waals surface area contributed by atoms with Crippen LogP contribution in [-0.2, 0) is 35.0 Å². The second kappa shape index (κ2) is 24.5. The summed E-state index contributed by atoms with van der Waals surface area (Å²) in [5, 5.41) is 22.5. The molecule has 0 saturated carbocycles. The Bertz CT molecular complexity index is 2130. The largest absolute Gasteiger partial charge is 1.00 e. The first-order valence-electron chi connectivity index (χ1n) is 16.4. The fourth-order valence-electron chi connectivity index (χ4n) is 6.05. The summed E-state index contributed by atoms with van der Waals surface area (Å²) in [6, 6.07) is 33.0. The van der Waals surface area contributed by atoms with Crippen LogP contribution in [0, 0.1) is 0 Å². The van der Waals surface area contributed by atoms with Gasteiger partial charge in [0.25, 0.3) is 0 Å². The number of hydrogen-bond acceptors (Lipinski definition) is 12. The maximum atomic E-state index is 12.6. The number of carboxylic acids is 1. The second-order valence-electron chi connectivity index (χ2n) is 12.1. The van der Waals surface area contributed by atoms with E-state index >= 15 is 0 Å². The molecule has 6 rings (SSSR count). The molecule has 0 fully saturated rings. The summed E-state index contributed by atoms with van der Waals surface area (Å²) in [6.45, 7) is 0. The Morgan fingerprint density at radius 1 is 0.696 bits per heavy atom. The molecule has 0 aliphatic carbocycles. The number of carbonyl (C=O) groups excluding carboxylic acids is 2. The minimum Gasteiger partial charge on any atom is -0.789 e. The van der Waals surface area contributed by atoms with E-state index in [0.717, 1.165) is 25.7 Å². The molecule has 0 aromatic heterocycles. The Morgan fingerprint density at radius 3 is 1.88 bits per heavy atom. The predicted molar refractivity (Wildman–Crippen MR) is 184 cm³/mol. The van der Waals surface area contributed by atoms with Crippen LogP contribution in [0.5, 0.6) is 11.5 Å². The molecule has 1 aliphatic heterocycles. The van der Waals surface area contributed by atoms with Gasteiger partial charge in [0, 0.05) is 22.7 Å². The van der Waals surface area contributed by atoms with Crippen molar-refractivity contribution in [2.45, 2.75) is 50.5 Å². The third kappa shape index (κ3) is 15.0. The zero-order chi connectivity index (χ0) is 37.4. The van der Waals surface area contributed by atoms with Gasteiger partial charge in [0.2, 0.25) is 0 Å². The molecular weight excluding hydrogens is 802 g/mol. The van der Waals surface area contributed by atoms with Gasteiger partial charge >= 0.3 is 132 Å². The van der Waals surface area contributed by atoms with Crippen LogP contribution >= 0.6 is 15.6 Å². The van der Waals surface area contributed by atoms with Gasteiger partial charge in [0.1, 0.15) is 11.5 Å². The fraction of sp³-hybridized carbons (Fsp3) is 0.211. The predicted octanol–water partition coefficient (Wildman–Crippen LogP) is -6.96. The summed E-state index contributed by atoms with van der Waals surface area (Å²) in [7, 11) is -11.3. The van der Waals surface area contributed by atoms with E-state index in [0.29, 0.717) is 22.3 Å². The summed E-state index contributed by atoms with van der Waals surface area (Å²) in [4.78, 5) is 55.6. The molecule has 5 aromatic carbocycles. The Labute approximate surface area is 413 Å². The Hall–Kier alpha value is -0.800. The van der Waals surface area contributed by atoms with Crippen LogP contribution < -0.4 is 143 Å². The molecule has 272 valence electrons. The second-order valence-corrected chi connectivity index (χ2v) is 14.7. The SMILES string of the molecule is O=C([O-])CCCCCCCc1ccc2ccccc2c1.O=C1OC(c2ccc(O)cc2)(c2ccc(OP(=O)([O-])OP(=O)([O-])[O-])cc2)c2ccccc21.[Na+].[Na+].[Na+].[Na+]. The Balaban J connectivity index is 0.000000572. The van der Waals surface area contributed by atoms with Crippen molar-refractivity contribution < 1.29 is 175 Å². The molecule has 12 nitrogen and oxygen atoms in total. The van der Waals surface area contributed by atoms with Crippen LogP contribution in [0.1, 0.15) is 71.1 Å². The van der Waals surface area contributed by atoms with E-state index in [1.54, 1.807) is 36.4 Å². The quantitative estimate of drug-likeness (QED) is 0.0480. The van der Waals surface area contributed by atoms with E-state index < -0.39 is 33.2 Å². The number of phenols is 1. The molecule has 1 N–H and O–H groups in total. The number of phosphoric ester groups is 1. The number of carboxylic acid groups (broad SMARTS) is 1. The molecule has 0 saturated heterocycles. The van der Waals surface area contributed by atoms with Gasteiger partial charge in [-0.2, -0.15) is 0 Å². The minimum absolute atomic E-state index is 0. The Kier molecular flexibility index (Phi) is 23.2. The van der Waals surface area contributed by atoms with Crippen molar-refractivity contribution in [3.8, 4) is 11.5 Å². The zero-order valence-corrected chi connectivity index (χ0v) is 41.5. The van der Waals surface area contributed by atoms with Gasteiger partial charge in [-0.3, -0.25) is 8.88 Å². The fourth-order valence-corrected chi connectivity index (χ4v) is 7.54. The van der Waals surface area contributed by atoms with Crippen molar-refractivity contribution in [3.63, 3.8) is 0 Å². The van der Waals surface area contributed by atoms with Crippen LogP contribution in [-0.4, -0.2) is 17.0 Å². The van der Waals surface area contributed by atoms with Crippen LogP contribution in [0.2, 0.25) is 0 Å². The van der Waals surface area contributed by atoms with E-state index in [2.05, 4.69) is 51.3 Å². The maximum absolute atomic E-state index is 12.6. The molecule has 2 atom stereocenters. The summed E-state index contributed by atoms with van der Waals surface area (Å²) < 4.78 is 35.9. The summed E-state index contributed by atoms with van der Waals surface area (Å²) >= 11 is 0. The number of carbonyl (C=O) groups is 2. The number of aryl methyl sites for hydroxylation is 1. The first-order chi connectivity index (χ1) is 24.8. The van der Waals surface area contributed by atoms with Gasteiger partial charge in [0.05, 0.1) is 13.4 Å². The number of unbranched alkanes of at least 4 members (excludes halogenated alkanes) is 4. The number of benzene rings is 5. The average molecular weight is 837 g/mol. The number of hydrogen-bond donors (Lipinski definition) is 1. The van der Waals surface area contributed by atoms with Crippen molar-refractivity contribution in [2.75, 3.05) is 0 Å². The smallest absolute Gasteiger partial charge is 0.789 e. The number of fused-ring (bicyclic) bond motifs is 2. The normalized spacial score (nSPS) is 15.1. The topological polar surface area (TPSA) is 208 Å². The van der Waals surface area contributed by atoms with Gasteiger partial charge < -0.3 is 43.5 Å². The molecule has 1 aliphatic rings. The van der Waals surface area contributed by atoms with Crippen molar-refractivity contribution in [2.24, 2.45) is 0 Å². The first kappa shape index (κ1) is 53.2. The third-order valence-electron chi connectivity index (χ3n) is 8.38. The van der Waals surface area contributed by atoms with Gasteiger partial charge in [-0.05, 0) is 72.4 Å². The van der Waals surface area contributed by atoms with Crippen molar-refractivity contribution in [1.29, 1.82) is 0 Å². The number of phosphoric acid groups is 2. The number of aliphatic carboxylic acids is 1. The van der Waals surface area contributed by atoms with Crippen LogP contribution in [0.15, 0.2) is 115 Å². The monoisotopic (exact) mass is 836 g/mol. The van der Waals surface area contributed by atoms with Crippen molar-refractivity contribution in [1.82, 2.24) is 0 Å². The third-order valence-corrected chi connectivity index (χ3v) is 10.4. The van der Waals surface area contributed by atoms with E-state index in [1.165, 1.54) is 65.6 Å². The zero-order valence-electron chi connectivity index (χ0n) is 31.8. The Morgan fingerprint density at radius 2 is 1.25 bits per heavy atom. The van der Waals surface area contributed by atoms with Crippen LogP contribution in [0.4, 0.5) is 0 Å². The summed E-state index contributed by atoms with van der Waals surface area (Å²) in [5.41, 5.74) is 1.77. The van der Waals surface area contributed by atoms with E-state index in [1.807, 2.05) is 0 Å². The van der Waals surface area contributed by atoms with Gasteiger partial charge in [-0.1, -0.05) is 104 Å². The molecule has 0 spiro atoms. The molecular formula is C38H34Na4O12P2. The molecule has 0 bridgehead atoms. The van der Waals surface area contributed by atoms with Crippen molar-refractivity contribution in [3.05, 3.63) is 143 Å². The summed E-state index contributed by atoms with van der Waals surface area (Å²) in [6.07, 6.45) is 6.49. The number of ether oxygens (including phenoxy) is 1. The number of phenolic OH excluding ortho intramolecular Hbond substituents is 1. The standard InChI is InChI=1S/C20H16O10P2.C18H22O2.4Na/c21-15-9-5-13(6-10-15)20(18-4-2-1-3-17(18)19(22)28-20)14-7-11-16(12-8-14)29-32(26,27)30-31(23,24)25;19-18(20)11-5-3-1-2-4-8-15-12-13-16-9-6-7-10-17(16)14-15;;;;/h1-12,21H,(H,26,27)(H2,23,24,25);6-7,9-10,12-14H,1-5,8,11H2,(H,19,20);;;;/q;;4*+1/p-4. The average Bonchev–Trinajstić information content (AvgIpc) is 3.40. The van der Waals surface area contributed by atoms with Crippen molar-refractivity contribution >= 4 is 38.4 Å². The molecule has 0 radical (unpaired) electrons. The van der Waals surface area contributed by atoms with Gasteiger partial charge in [-0.25, -0.2) is 4.79 Å². The van der Waals surface area contributed by atoms with E-state index in [-0.39, 0.29) is 136 Å². The number of aromatic hydroxyl groups is 1. The maximum Gasteiger partial charge on any atom is 1.00 e. The first-order valence-corrected chi connectivity index (χ1v) is 19.3. The molecule has 1 heterocycles. The molecule has 2 unspecified atom stereocenters. The molecule has 56 heavy (non-hydrogen) atoms. The molecule has 5 aromatic rings. The molecule has 18 heteroatoms. The molecule has 0 amide bonds. The summed E-state index contributed by atoms with van der Waals surface area (Å²) in [5.74, 6) is -1.83. The van der Waals surface area contributed by atoms with Crippen LogP contribution in [0.3, 0.4) is 0 Å². The van der Waals surface area contributed by atoms with E-state index in [9.17, 15) is 43.6 Å².